The van der Waals surface area contributed by atoms with E-state index in [-0.39, 0.29) is 0 Å². The van der Waals surface area contributed by atoms with E-state index < -0.39 is 10.4 Å². The Hall–Kier alpha value is -2.49. The Morgan fingerprint density at radius 1 is 0.826 bits per heavy atom. The Morgan fingerprint density at radius 3 is 1.39 bits per heavy atom. The molecule has 0 radical (unpaired) electrons. The predicted molar refractivity (Wildman–Crippen MR) is 88.0 cm³/mol. The van der Waals surface area contributed by atoms with Crippen molar-refractivity contribution < 1.29 is 27.0 Å². The van der Waals surface area contributed by atoms with Gasteiger partial charge in [0.1, 0.15) is 11.5 Å². The minimum atomic E-state index is -4.67. The van der Waals surface area contributed by atoms with Gasteiger partial charge in [0.05, 0.1) is 25.6 Å². The zero-order valence-electron chi connectivity index (χ0n) is 12.6. The molecule has 0 aliphatic rings. The molecule has 0 saturated heterocycles. The molecule has 8 nitrogen and oxygen atoms in total. The molecular formula is C14H18N2O6S. The molecule has 0 bridgehead atoms. The molecule has 23 heavy (non-hydrogen) atoms. The molecule has 0 saturated carbocycles. The van der Waals surface area contributed by atoms with Crippen molar-refractivity contribution in [3.8, 4) is 22.6 Å². The topological polar surface area (TPSA) is 145 Å². The van der Waals surface area contributed by atoms with E-state index in [2.05, 4.69) is 0 Å². The third-order valence-corrected chi connectivity index (χ3v) is 2.80. The number of methoxy groups -OCH3 is 2. The molecule has 0 fully saturated rings. The highest BCUT2D eigenvalue weighted by Crippen LogP contribution is 2.32. The van der Waals surface area contributed by atoms with Crippen LogP contribution in [-0.2, 0) is 10.4 Å². The van der Waals surface area contributed by atoms with Crippen LogP contribution in [0, 0.1) is 0 Å². The Labute approximate surface area is 134 Å². The van der Waals surface area contributed by atoms with Gasteiger partial charge >= 0.3 is 10.4 Å². The van der Waals surface area contributed by atoms with Crippen LogP contribution in [0.4, 0.5) is 11.4 Å². The molecule has 0 amide bonds. The molecule has 0 heterocycles. The van der Waals surface area contributed by atoms with Gasteiger partial charge in [-0.05, 0) is 35.4 Å². The van der Waals surface area contributed by atoms with Crippen LogP contribution in [-0.4, -0.2) is 31.7 Å². The molecule has 6 N–H and O–H groups in total. The van der Waals surface area contributed by atoms with Gasteiger partial charge in [-0.1, -0.05) is 12.1 Å². The lowest BCUT2D eigenvalue weighted by Gasteiger charge is -2.10. The molecule has 0 aliphatic carbocycles. The first-order valence-electron chi connectivity index (χ1n) is 6.23. The smallest absolute Gasteiger partial charge is 0.394 e. The SMILES string of the molecule is COc1cc(-c2ccc(N)c(OC)c2)ccc1N.O=S(=O)(O)O. The molecule has 0 aliphatic heterocycles. The first kappa shape index (κ1) is 18.6. The largest absolute Gasteiger partial charge is 0.495 e. The quantitative estimate of drug-likeness (QED) is 0.488. The monoisotopic (exact) mass is 342 g/mol. The molecule has 0 aromatic heterocycles. The van der Waals surface area contributed by atoms with Crippen LogP contribution in [0.2, 0.25) is 0 Å². The van der Waals surface area contributed by atoms with Crippen LogP contribution < -0.4 is 20.9 Å². The van der Waals surface area contributed by atoms with Crippen LogP contribution in [0.1, 0.15) is 0 Å². The summed E-state index contributed by atoms with van der Waals surface area (Å²) >= 11 is 0. The average molecular weight is 342 g/mol. The summed E-state index contributed by atoms with van der Waals surface area (Å²) in [4.78, 5) is 0. The van der Waals surface area contributed by atoms with Crippen molar-refractivity contribution >= 4 is 21.8 Å². The van der Waals surface area contributed by atoms with E-state index in [1.807, 2.05) is 36.4 Å². The van der Waals surface area contributed by atoms with Crippen molar-refractivity contribution in [1.82, 2.24) is 0 Å². The van der Waals surface area contributed by atoms with Gasteiger partial charge in [-0.25, -0.2) is 0 Å². The zero-order chi connectivity index (χ0) is 17.6. The Morgan fingerprint density at radius 2 is 1.13 bits per heavy atom. The standard InChI is InChI=1S/C14H16N2O2.H2O4S/c1-17-13-7-9(3-5-11(13)15)10-4-6-12(16)14(8-10)18-2;1-5(2,3)4/h3-8H,15-16H2,1-2H3;(H2,1,2,3,4). The second-order valence-electron chi connectivity index (χ2n) is 4.36. The predicted octanol–water partition coefficient (Wildman–Crippen LogP) is 1.88. The summed E-state index contributed by atoms with van der Waals surface area (Å²) in [6.07, 6.45) is 0. The van der Waals surface area contributed by atoms with E-state index >= 15 is 0 Å². The minimum Gasteiger partial charge on any atom is -0.495 e. The maximum absolute atomic E-state index is 8.74. The van der Waals surface area contributed by atoms with E-state index in [1.165, 1.54) is 0 Å². The van der Waals surface area contributed by atoms with E-state index in [0.29, 0.717) is 22.9 Å². The molecule has 2 aromatic carbocycles. The minimum absolute atomic E-state index is 0.615. The second-order valence-corrected chi connectivity index (χ2v) is 5.26. The molecule has 9 heteroatoms. The van der Waals surface area contributed by atoms with Crippen LogP contribution in [0.25, 0.3) is 11.1 Å². The van der Waals surface area contributed by atoms with Crippen molar-refractivity contribution in [2.24, 2.45) is 0 Å². The third kappa shape index (κ3) is 6.02. The fourth-order valence-corrected chi connectivity index (χ4v) is 1.78. The van der Waals surface area contributed by atoms with Gasteiger partial charge in [-0.15, -0.1) is 0 Å². The van der Waals surface area contributed by atoms with Crippen LogP contribution in [0.3, 0.4) is 0 Å². The average Bonchev–Trinajstić information content (AvgIpc) is 2.46. The van der Waals surface area contributed by atoms with Gasteiger partial charge in [-0.3, -0.25) is 9.11 Å². The van der Waals surface area contributed by atoms with Crippen molar-refractivity contribution in [1.29, 1.82) is 0 Å². The fraction of sp³-hybridized carbons (Fsp3) is 0.143. The lowest BCUT2D eigenvalue weighted by molar-refractivity contribution is 0.381. The van der Waals surface area contributed by atoms with Gasteiger partial charge in [0.25, 0.3) is 0 Å². The van der Waals surface area contributed by atoms with Gasteiger partial charge in [0.2, 0.25) is 0 Å². The summed E-state index contributed by atoms with van der Waals surface area (Å²) in [6.45, 7) is 0. The number of anilines is 2. The summed E-state index contributed by atoms with van der Waals surface area (Å²) in [5.74, 6) is 1.31. The number of benzene rings is 2. The van der Waals surface area contributed by atoms with Crippen molar-refractivity contribution in [2.45, 2.75) is 0 Å². The van der Waals surface area contributed by atoms with E-state index in [1.54, 1.807) is 14.2 Å². The zero-order valence-corrected chi connectivity index (χ0v) is 13.4. The van der Waals surface area contributed by atoms with Crippen LogP contribution in [0.5, 0.6) is 11.5 Å². The van der Waals surface area contributed by atoms with E-state index in [0.717, 1.165) is 11.1 Å². The van der Waals surface area contributed by atoms with Crippen molar-refractivity contribution in [3.63, 3.8) is 0 Å². The molecule has 2 rings (SSSR count). The highest BCUT2D eigenvalue weighted by atomic mass is 32.3. The van der Waals surface area contributed by atoms with E-state index in [4.69, 9.17) is 38.5 Å². The van der Waals surface area contributed by atoms with Crippen molar-refractivity contribution in [3.05, 3.63) is 36.4 Å². The van der Waals surface area contributed by atoms with Crippen LogP contribution >= 0.6 is 0 Å². The number of hydrogen-bond acceptors (Lipinski definition) is 6. The molecular weight excluding hydrogens is 324 g/mol. The highest BCUT2D eigenvalue weighted by Gasteiger charge is 2.06. The van der Waals surface area contributed by atoms with Gasteiger partial charge in [0, 0.05) is 0 Å². The first-order chi connectivity index (χ1) is 10.7. The maximum atomic E-state index is 8.74. The van der Waals surface area contributed by atoms with Crippen molar-refractivity contribution in [2.75, 3.05) is 25.7 Å². The third-order valence-electron chi connectivity index (χ3n) is 2.80. The Bertz CT molecular complexity index is 717. The first-order valence-corrected chi connectivity index (χ1v) is 7.62. The summed E-state index contributed by atoms with van der Waals surface area (Å²) in [7, 11) is -1.47. The molecule has 0 spiro atoms. The Balaban J connectivity index is 0.000000463. The summed E-state index contributed by atoms with van der Waals surface area (Å²) < 4.78 is 42.0. The number of nitrogen functional groups attached to an aromatic ring is 2. The molecule has 126 valence electrons. The van der Waals surface area contributed by atoms with Gasteiger partial charge < -0.3 is 20.9 Å². The summed E-state index contributed by atoms with van der Waals surface area (Å²) in [5.41, 5.74) is 14.8. The van der Waals surface area contributed by atoms with E-state index in [9.17, 15) is 0 Å². The van der Waals surface area contributed by atoms with Crippen LogP contribution in [0.15, 0.2) is 36.4 Å². The number of ether oxygens (including phenoxy) is 2. The van der Waals surface area contributed by atoms with Gasteiger partial charge in [-0.2, -0.15) is 8.42 Å². The molecule has 2 aromatic rings. The lowest BCUT2D eigenvalue weighted by atomic mass is 10.0. The number of nitrogens with two attached hydrogens (primary N) is 2. The number of rotatable bonds is 3. The summed E-state index contributed by atoms with van der Waals surface area (Å²) in [6, 6.07) is 11.3. The second kappa shape index (κ2) is 7.68. The highest BCUT2D eigenvalue weighted by molar-refractivity contribution is 7.79. The number of hydrogen-bond donors (Lipinski definition) is 4. The molecule has 0 atom stereocenters. The van der Waals surface area contributed by atoms with Gasteiger partial charge in [0.15, 0.2) is 0 Å². The fourth-order valence-electron chi connectivity index (χ4n) is 1.78. The maximum Gasteiger partial charge on any atom is 0.394 e. The molecule has 0 unspecified atom stereocenters. The summed E-state index contributed by atoms with van der Waals surface area (Å²) in [5, 5.41) is 0. The Kier molecular flexibility index (Phi) is 6.19. The lowest BCUT2D eigenvalue weighted by Crippen LogP contribution is -1.94. The normalized spacial score (nSPS) is 10.4.